The molecule has 1 aromatic heterocycles. The van der Waals surface area contributed by atoms with Crippen LogP contribution < -0.4 is 0 Å². The predicted molar refractivity (Wildman–Crippen MR) is 122 cm³/mol. The van der Waals surface area contributed by atoms with Gasteiger partial charge in [0, 0.05) is 0 Å². The van der Waals surface area contributed by atoms with Crippen molar-refractivity contribution < 1.29 is 5.11 Å². The standard InChI is InChI=1S/C25H37N3O/c1-3-4-5-6-7-8-9-10-11-14-18-25(2)19-17-24(29)23(20-25)28-26-21-15-12-13-16-22(21)27-28/h12-13,15-17,20,29H,3-11,14,18-19H2,1-2H3. The van der Waals surface area contributed by atoms with Crippen LogP contribution in [0.2, 0.25) is 0 Å². The van der Waals surface area contributed by atoms with Gasteiger partial charge in [-0.25, -0.2) is 0 Å². The molecule has 0 saturated heterocycles. The minimum absolute atomic E-state index is 0.0571. The molecule has 0 spiro atoms. The summed E-state index contributed by atoms with van der Waals surface area (Å²) in [5, 5.41) is 19.5. The first-order valence-electron chi connectivity index (χ1n) is 11.6. The first-order valence-corrected chi connectivity index (χ1v) is 11.6. The third-order valence-corrected chi connectivity index (χ3v) is 6.11. The van der Waals surface area contributed by atoms with Crippen LogP contribution in [0, 0.1) is 5.41 Å². The summed E-state index contributed by atoms with van der Waals surface area (Å²) in [7, 11) is 0. The van der Waals surface area contributed by atoms with Crippen LogP contribution in [0.1, 0.15) is 90.9 Å². The molecule has 0 aliphatic heterocycles. The number of benzene rings is 1. The van der Waals surface area contributed by atoms with Gasteiger partial charge in [0.05, 0.1) is 0 Å². The number of aliphatic hydroxyl groups excluding tert-OH is 1. The Morgan fingerprint density at radius 2 is 1.45 bits per heavy atom. The average molecular weight is 396 g/mol. The number of hydrogen-bond donors (Lipinski definition) is 1. The van der Waals surface area contributed by atoms with Gasteiger partial charge in [-0.2, -0.15) is 0 Å². The fourth-order valence-corrected chi connectivity index (χ4v) is 4.22. The molecule has 1 aliphatic carbocycles. The molecular weight excluding hydrogens is 358 g/mol. The lowest BCUT2D eigenvalue weighted by Gasteiger charge is -2.29. The van der Waals surface area contributed by atoms with Gasteiger partial charge in [-0.3, -0.25) is 0 Å². The molecule has 1 aliphatic rings. The molecule has 4 nitrogen and oxygen atoms in total. The van der Waals surface area contributed by atoms with Crippen LogP contribution in [0.15, 0.2) is 42.2 Å². The molecule has 0 fully saturated rings. The van der Waals surface area contributed by atoms with Gasteiger partial charge < -0.3 is 5.11 Å². The Kier molecular flexibility index (Phi) is 7.91. The van der Waals surface area contributed by atoms with Crippen LogP contribution in [-0.4, -0.2) is 20.1 Å². The number of unbranched alkanes of at least 4 members (excludes halogenated alkanes) is 9. The fourth-order valence-electron chi connectivity index (χ4n) is 4.22. The topological polar surface area (TPSA) is 50.9 Å². The number of nitrogens with zero attached hydrogens (tertiary/aromatic N) is 3. The molecule has 3 rings (SSSR count). The van der Waals surface area contributed by atoms with Crippen molar-refractivity contribution in [3.8, 4) is 0 Å². The van der Waals surface area contributed by atoms with Crippen molar-refractivity contribution in [2.75, 3.05) is 0 Å². The van der Waals surface area contributed by atoms with Gasteiger partial charge in [0.15, 0.2) is 0 Å². The van der Waals surface area contributed by atoms with E-state index in [9.17, 15) is 5.11 Å². The second-order valence-corrected chi connectivity index (χ2v) is 8.89. The zero-order valence-electron chi connectivity index (χ0n) is 18.2. The van der Waals surface area contributed by atoms with Crippen molar-refractivity contribution in [2.24, 2.45) is 5.41 Å². The minimum atomic E-state index is 0.0571. The van der Waals surface area contributed by atoms with Gasteiger partial charge in [0.1, 0.15) is 22.5 Å². The molecule has 4 heteroatoms. The maximum atomic E-state index is 10.4. The molecule has 1 aromatic carbocycles. The summed E-state index contributed by atoms with van der Waals surface area (Å²) in [6, 6.07) is 7.82. The Morgan fingerprint density at radius 3 is 2.03 bits per heavy atom. The van der Waals surface area contributed by atoms with E-state index in [2.05, 4.69) is 30.1 Å². The third kappa shape index (κ3) is 6.19. The largest absolute Gasteiger partial charge is 0.506 e. The summed E-state index contributed by atoms with van der Waals surface area (Å²) >= 11 is 0. The highest BCUT2D eigenvalue weighted by Crippen LogP contribution is 2.38. The predicted octanol–water partition coefficient (Wildman–Crippen LogP) is 7.44. The van der Waals surface area contributed by atoms with E-state index in [0.717, 1.165) is 23.9 Å². The van der Waals surface area contributed by atoms with Crippen molar-refractivity contribution in [2.45, 2.75) is 90.9 Å². The van der Waals surface area contributed by atoms with Gasteiger partial charge in [0.2, 0.25) is 0 Å². The number of aromatic nitrogens is 3. The van der Waals surface area contributed by atoms with Crippen LogP contribution in [0.3, 0.4) is 0 Å². The Labute approximate surface area is 175 Å². The van der Waals surface area contributed by atoms with Gasteiger partial charge in [-0.15, -0.1) is 15.0 Å². The van der Waals surface area contributed by atoms with E-state index < -0.39 is 0 Å². The lowest BCUT2D eigenvalue weighted by Crippen LogP contribution is -2.19. The number of fused-ring (bicyclic) bond motifs is 1. The molecule has 2 aromatic rings. The molecule has 158 valence electrons. The lowest BCUT2D eigenvalue weighted by atomic mass is 9.78. The van der Waals surface area contributed by atoms with E-state index in [1.165, 1.54) is 64.2 Å². The zero-order valence-corrected chi connectivity index (χ0v) is 18.2. The number of aliphatic hydroxyl groups is 1. The summed E-state index contributed by atoms with van der Waals surface area (Å²) in [6.07, 6.45) is 19.7. The van der Waals surface area contributed by atoms with Gasteiger partial charge >= 0.3 is 0 Å². The first-order chi connectivity index (χ1) is 14.1. The van der Waals surface area contributed by atoms with E-state index in [1.807, 2.05) is 30.3 Å². The van der Waals surface area contributed by atoms with Crippen LogP contribution >= 0.6 is 0 Å². The van der Waals surface area contributed by atoms with Crippen LogP contribution in [0.25, 0.3) is 16.7 Å². The summed E-state index contributed by atoms with van der Waals surface area (Å²) in [4.78, 5) is 1.59. The van der Waals surface area contributed by atoms with Gasteiger partial charge in [-0.05, 0) is 42.5 Å². The Bertz CT molecular complexity index is 802. The average Bonchev–Trinajstić information content (AvgIpc) is 3.15. The molecule has 1 N–H and O–H groups in total. The molecule has 1 unspecified atom stereocenters. The van der Waals surface area contributed by atoms with Gasteiger partial charge in [-0.1, -0.05) is 90.2 Å². The van der Waals surface area contributed by atoms with Crippen molar-refractivity contribution in [3.63, 3.8) is 0 Å². The lowest BCUT2D eigenvalue weighted by molar-refractivity contribution is 0.347. The summed E-state index contributed by atoms with van der Waals surface area (Å²) < 4.78 is 0. The fraction of sp³-hybridized carbons (Fsp3) is 0.600. The van der Waals surface area contributed by atoms with Crippen molar-refractivity contribution in [3.05, 3.63) is 42.2 Å². The molecule has 0 radical (unpaired) electrons. The Hall–Kier alpha value is -2.10. The number of hydrogen-bond acceptors (Lipinski definition) is 3. The molecule has 1 heterocycles. The van der Waals surface area contributed by atoms with E-state index >= 15 is 0 Å². The minimum Gasteiger partial charge on any atom is -0.506 e. The molecule has 1 atom stereocenters. The summed E-state index contributed by atoms with van der Waals surface area (Å²) in [6.45, 7) is 4.56. The number of allylic oxidation sites excluding steroid dienone is 3. The van der Waals surface area contributed by atoms with E-state index in [0.29, 0.717) is 5.70 Å². The van der Waals surface area contributed by atoms with Crippen LogP contribution in [0.5, 0.6) is 0 Å². The number of rotatable bonds is 12. The normalized spacial score (nSPS) is 19.4. The molecule has 0 saturated carbocycles. The second kappa shape index (κ2) is 10.6. The molecule has 0 amide bonds. The molecule has 0 bridgehead atoms. The first kappa shape index (κ1) is 21.6. The highest BCUT2D eigenvalue weighted by Gasteiger charge is 2.27. The monoisotopic (exact) mass is 395 g/mol. The molecular formula is C25H37N3O. The quantitative estimate of drug-likeness (QED) is 0.380. The molecule has 29 heavy (non-hydrogen) atoms. The second-order valence-electron chi connectivity index (χ2n) is 8.89. The summed E-state index contributed by atoms with van der Waals surface area (Å²) in [5.41, 5.74) is 2.47. The van der Waals surface area contributed by atoms with Crippen molar-refractivity contribution in [1.29, 1.82) is 0 Å². The van der Waals surface area contributed by atoms with Crippen molar-refractivity contribution in [1.82, 2.24) is 15.0 Å². The Balaban J connectivity index is 1.47. The highest BCUT2D eigenvalue weighted by atomic mass is 16.3. The maximum Gasteiger partial charge on any atom is 0.138 e. The smallest absolute Gasteiger partial charge is 0.138 e. The van der Waals surface area contributed by atoms with Crippen molar-refractivity contribution >= 4 is 16.7 Å². The third-order valence-electron chi connectivity index (χ3n) is 6.11. The zero-order chi connectivity index (χ0) is 20.5. The van der Waals surface area contributed by atoms with E-state index in [-0.39, 0.29) is 11.2 Å². The highest BCUT2D eigenvalue weighted by molar-refractivity contribution is 5.75. The Morgan fingerprint density at radius 1 is 0.897 bits per heavy atom. The summed E-state index contributed by atoms with van der Waals surface area (Å²) in [5.74, 6) is 0.283. The van der Waals surface area contributed by atoms with Crippen LogP contribution in [-0.2, 0) is 0 Å². The maximum absolute atomic E-state index is 10.4. The van der Waals surface area contributed by atoms with Gasteiger partial charge in [0.25, 0.3) is 0 Å². The van der Waals surface area contributed by atoms with E-state index in [1.54, 1.807) is 4.80 Å². The van der Waals surface area contributed by atoms with Crippen LogP contribution in [0.4, 0.5) is 0 Å². The van der Waals surface area contributed by atoms with E-state index in [4.69, 9.17) is 0 Å². The SMILES string of the molecule is CCCCCCCCCCCCC1(C)C=C(n2nc3ccccc3n2)C(O)=CC1.